The van der Waals surface area contributed by atoms with Gasteiger partial charge in [-0.3, -0.25) is 0 Å². The molecule has 1 aromatic rings. The largest absolute Gasteiger partial charge is 0.314 e. The van der Waals surface area contributed by atoms with Crippen LogP contribution in [0.3, 0.4) is 0 Å². The Hall–Kier alpha value is -0.550. The van der Waals surface area contributed by atoms with Gasteiger partial charge in [0.1, 0.15) is 5.82 Å². The van der Waals surface area contributed by atoms with E-state index in [1.54, 1.807) is 0 Å². The Bertz CT molecular complexity index is 345. The second-order valence-corrected chi connectivity index (χ2v) is 5.53. The van der Waals surface area contributed by atoms with Crippen LogP contribution < -0.4 is 5.32 Å². The molecule has 1 fully saturated rings. The van der Waals surface area contributed by atoms with Crippen molar-refractivity contribution < 1.29 is 0 Å². The number of nitrogens with one attached hydrogen (secondary N) is 1. The average molecular weight is 224 g/mol. The summed E-state index contributed by atoms with van der Waals surface area (Å²) in [6.45, 7) is 3.35. The van der Waals surface area contributed by atoms with Crippen LogP contribution in [0.5, 0.6) is 0 Å². The highest BCUT2D eigenvalue weighted by Crippen LogP contribution is 2.26. The minimum Gasteiger partial charge on any atom is -0.314 e. The first-order valence-electron chi connectivity index (χ1n) is 5.73. The van der Waals surface area contributed by atoms with Crippen LogP contribution in [-0.4, -0.2) is 33.1 Å². The van der Waals surface area contributed by atoms with Gasteiger partial charge in [0.15, 0.2) is 5.16 Å². The number of aryl methyl sites for hydroxylation is 1. The zero-order valence-electron chi connectivity index (χ0n) is 8.78. The molecule has 0 atom stereocenters. The summed E-state index contributed by atoms with van der Waals surface area (Å²) in [7, 11) is 0. The highest BCUT2D eigenvalue weighted by atomic mass is 32.2. The van der Waals surface area contributed by atoms with Crippen molar-refractivity contribution in [2.45, 2.75) is 42.6 Å². The molecule has 2 aliphatic rings. The molecule has 15 heavy (non-hydrogen) atoms. The summed E-state index contributed by atoms with van der Waals surface area (Å²) >= 11 is 1.89. The zero-order valence-corrected chi connectivity index (χ0v) is 9.59. The van der Waals surface area contributed by atoms with Crippen molar-refractivity contribution in [3.8, 4) is 0 Å². The van der Waals surface area contributed by atoms with Crippen molar-refractivity contribution in [2.24, 2.45) is 0 Å². The first kappa shape index (κ1) is 9.66. The number of hydrogen-bond acceptors (Lipinski definition) is 4. The lowest BCUT2D eigenvalue weighted by Gasteiger charge is -2.25. The van der Waals surface area contributed by atoms with E-state index < -0.39 is 0 Å². The Kier molecular flexibility index (Phi) is 2.66. The van der Waals surface area contributed by atoms with E-state index in [4.69, 9.17) is 0 Å². The van der Waals surface area contributed by atoms with Gasteiger partial charge in [0.25, 0.3) is 0 Å². The number of rotatable bonds is 2. The maximum absolute atomic E-state index is 4.31. The first-order chi connectivity index (χ1) is 7.43. The zero-order chi connectivity index (χ0) is 10.1. The maximum Gasteiger partial charge on any atom is 0.191 e. The first-order valence-corrected chi connectivity index (χ1v) is 6.61. The fourth-order valence-corrected chi connectivity index (χ4v) is 3.15. The van der Waals surface area contributed by atoms with Gasteiger partial charge in [-0.2, -0.15) is 0 Å². The van der Waals surface area contributed by atoms with Crippen LogP contribution in [0.15, 0.2) is 5.16 Å². The summed E-state index contributed by atoms with van der Waals surface area (Å²) in [5.74, 6) is 1.20. The van der Waals surface area contributed by atoms with E-state index in [0.717, 1.165) is 31.2 Å². The van der Waals surface area contributed by atoms with Crippen LogP contribution in [0.2, 0.25) is 0 Å². The summed E-state index contributed by atoms with van der Waals surface area (Å²) in [5.41, 5.74) is 0. The molecule has 2 aliphatic heterocycles. The van der Waals surface area contributed by atoms with Crippen molar-refractivity contribution in [2.75, 3.05) is 13.1 Å². The van der Waals surface area contributed by atoms with Crippen LogP contribution in [0.4, 0.5) is 0 Å². The van der Waals surface area contributed by atoms with Gasteiger partial charge in [-0.1, -0.05) is 18.2 Å². The smallest absolute Gasteiger partial charge is 0.191 e. The van der Waals surface area contributed by atoms with E-state index in [-0.39, 0.29) is 0 Å². The summed E-state index contributed by atoms with van der Waals surface area (Å²) in [6.07, 6.45) is 4.99. The molecule has 3 heterocycles. The van der Waals surface area contributed by atoms with Crippen molar-refractivity contribution >= 4 is 11.8 Å². The van der Waals surface area contributed by atoms with Crippen LogP contribution in [-0.2, 0) is 13.0 Å². The van der Waals surface area contributed by atoms with Gasteiger partial charge < -0.3 is 9.88 Å². The molecule has 0 spiro atoms. The highest BCUT2D eigenvalue weighted by molar-refractivity contribution is 7.99. The third-order valence-corrected chi connectivity index (χ3v) is 4.27. The second-order valence-electron chi connectivity index (χ2n) is 4.26. The summed E-state index contributed by atoms with van der Waals surface area (Å²) in [6, 6.07) is 0. The molecular formula is C10H16N4S. The lowest BCUT2D eigenvalue weighted by molar-refractivity contribution is 0.537. The summed E-state index contributed by atoms with van der Waals surface area (Å²) in [5, 5.41) is 13.7. The molecule has 4 nitrogen and oxygen atoms in total. The number of hydrogen-bond donors (Lipinski definition) is 1. The predicted octanol–water partition coefficient (Wildman–Crippen LogP) is 1.07. The van der Waals surface area contributed by atoms with Crippen molar-refractivity contribution in [1.29, 1.82) is 0 Å². The lowest BCUT2D eigenvalue weighted by atomic mass is 10.2. The fraction of sp³-hybridized carbons (Fsp3) is 0.800. The monoisotopic (exact) mass is 224 g/mol. The molecule has 0 aromatic carbocycles. The molecule has 0 saturated carbocycles. The SMILES string of the molecule is C1CCc2nnc(SC3CNC3)n2CC1. The van der Waals surface area contributed by atoms with Crippen LogP contribution >= 0.6 is 11.8 Å². The Labute approximate surface area is 93.8 Å². The molecule has 1 N–H and O–H groups in total. The molecule has 0 bridgehead atoms. The molecule has 0 amide bonds. The predicted molar refractivity (Wildman–Crippen MR) is 60.1 cm³/mol. The lowest BCUT2D eigenvalue weighted by Crippen LogP contribution is -2.44. The Morgan fingerprint density at radius 2 is 2.13 bits per heavy atom. The molecule has 1 aromatic heterocycles. The van der Waals surface area contributed by atoms with Gasteiger partial charge >= 0.3 is 0 Å². The molecular weight excluding hydrogens is 208 g/mol. The molecule has 82 valence electrons. The second kappa shape index (κ2) is 4.14. The van der Waals surface area contributed by atoms with Gasteiger partial charge in [0.2, 0.25) is 0 Å². The van der Waals surface area contributed by atoms with Gasteiger partial charge in [0, 0.05) is 31.3 Å². The molecule has 5 heteroatoms. The normalized spacial score (nSPS) is 21.9. The third kappa shape index (κ3) is 1.90. The number of thioether (sulfide) groups is 1. The maximum atomic E-state index is 4.31. The minimum absolute atomic E-state index is 0.710. The minimum atomic E-state index is 0.710. The van der Waals surface area contributed by atoms with Gasteiger partial charge in [0.05, 0.1) is 0 Å². The molecule has 0 radical (unpaired) electrons. The Balaban J connectivity index is 1.78. The van der Waals surface area contributed by atoms with E-state index in [1.165, 1.54) is 25.1 Å². The quantitative estimate of drug-likeness (QED) is 0.816. The average Bonchev–Trinajstić information content (AvgIpc) is 2.42. The van der Waals surface area contributed by atoms with E-state index in [2.05, 4.69) is 20.1 Å². The van der Waals surface area contributed by atoms with E-state index in [0.29, 0.717) is 5.25 Å². The summed E-state index contributed by atoms with van der Waals surface area (Å²) in [4.78, 5) is 0. The fourth-order valence-electron chi connectivity index (χ4n) is 2.04. The van der Waals surface area contributed by atoms with E-state index in [9.17, 15) is 0 Å². The molecule has 0 aliphatic carbocycles. The number of fused-ring (bicyclic) bond motifs is 1. The van der Waals surface area contributed by atoms with Crippen LogP contribution in [0.1, 0.15) is 25.1 Å². The van der Waals surface area contributed by atoms with E-state index in [1.807, 2.05) is 11.8 Å². The standard InChI is InChI=1S/C10H16N4S/c1-2-4-9-12-13-10(14(9)5-3-1)15-8-6-11-7-8/h8,11H,1-7H2. The van der Waals surface area contributed by atoms with Gasteiger partial charge in [-0.15, -0.1) is 10.2 Å². The topological polar surface area (TPSA) is 42.7 Å². The van der Waals surface area contributed by atoms with Crippen LogP contribution in [0.25, 0.3) is 0 Å². The van der Waals surface area contributed by atoms with Crippen molar-refractivity contribution in [3.63, 3.8) is 0 Å². The Morgan fingerprint density at radius 3 is 2.93 bits per heavy atom. The van der Waals surface area contributed by atoms with Crippen molar-refractivity contribution in [1.82, 2.24) is 20.1 Å². The van der Waals surface area contributed by atoms with Crippen molar-refractivity contribution in [3.05, 3.63) is 5.82 Å². The number of nitrogens with zero attached hydrogens (tertiary/aromatic N) is 3. The van der Waals surface area contributed by atoms with Crippen LogP contribution in [0, 0.1) is 0 Å². The number of aromatic nitrogens is 3. The molecule has 1 saturated heterocycles. The molecule has 0 unspecified atom stereocenters. The molecule has 3 rings (SSSR count). The van der Waals surface area contributed by atoms with Gasteiger partial charge in [-0.05, 0) is 12.8 Å². The van der Waals surface area contributed by atoms with E-state index >= 15 is 0 Å². The highest BCUT2D eigenvalue weighted by Gasteiger charge is 2.22. The van der Waals surface area contributed by atoms with Gasteiger partial charge in [-0.25, -0.2) is 0 Å². The third-order valence-electron chi connectivity index (χ3n) is 3.09. The summed E-state index contributed by atoms with van der Waals surface area (Å²) < 4.78 is 2.33. The Morgan fingerprint density at radius 1 is 1.20 bits per heavy atom.